The number of rotatable bonds is 0. The maximum absolute atomic E-state index is 13.2. The molecular weight excluding hydrogens is 548 g/mol. The van der Waals surface area contributed by atoms with Gasteiger partial charge in [-0.3, -0.25) is 4.79 Å². The van der Waals surface area contributed by atoms with Gasteiger partial charge in [0.25, 0.3) is 5.91 Å². The van der Waals surface area contributed by atoms with Gasteiger partial charge >= 0.3 is 0 Å². The third kappa shape index (κ3) is 6.50. The van der Waals surface area contributed by atoms with E-state index in [1.54, 1.807) is 25.1 Å². The van der Waals surface area contributed by atoms with Crippen LogP contribution in [0.4, 0.5) is 5.69 Å². The molecule has 2 aliphatic heterocycles. The van der Waals surface area contributed by atoms with E-state index >= 15 is 0 Å². The Hall–Kier alpha value is -2.55. The Morgan fingerprint density at radius 2 is 1.88 bits per heavy atom. The number of fused-ring (bicyclic) bond motifs is 3. The number of aliphatic hydroxyl groups is 1. The summed E-state index contributed by atoms with van der Waals surface area (Å²) in [5, 5.41) is 11.0. The van der Waals surface area contributed by atoms with Crippen molar-refractivity contribution in [2.75, 3.05) is 18.0 Å². The second-order valence-corrected chi connectivity index (χ2v) is 14.2. The van der Waals surface area contributed by atoms with Crippen LogP contribution in [0.5, 0.6) is 5.75 Å². The molecule has 0 aromatic heterocycles. The van der Waals surface area contributed by atoms with Crippen LogP contribution in [0.2, 0.25) is 5.02 Å². The van der Waals surface area contributed by atoms with Crippen molar-refractivity contribution < 1.29 is 23.1 Å². The number of aryl methyl sites for hydroxylation is 1. The SMILES string of the molecule is C[C@@H]1/C=C/[C@H](O)[C@@H]2CC[C@H]2CN2CCCCc3cc(Cl)ccc3COc3ccc(cc32)C(=O)NS(=O)(=O)[C@H](C)C1. The number of carbonyl (C=O) groups is 1. The number of sulfonamides is 1. The molecule has 0 spiro atoms. The first-order chi connectivity index (χ1) is 19.1. The average molecular weight is 587 g/mol. The van der Waals surface area contributed by atoms with E-state index in [9.17, 15) is 18.3 Å². The summed E-state index contributed by atoms with van der Waals surface area (Å²) >= 11 is 6.29. The molecular formula is C31H39ClN2O5S. The van der Waals surface area contributed by atoms with Crippen molar-refractivity contribution >= 4 is 33.2 Å². The van der Waals surface area contributed by atoms with Gasteiger partial charge in [0.1, 0.15) is 12.4 Å². The van der Waals surface area contributed by atoms with Gasteiger partial charge in [0.2, 0.25) is 10.0 Å². The van der Waals surface area contributed by atoms with Crippen LogP contribution in [0.15, 0.2) is 48.6 Å². The highest BCUT2D eigenvalue weighted by Crippen LogP contribution is 2.41. The number of aliphatic hydroxyl groups excluding tert-OH is 1. The molecule has 40 heavy (non-hydrogen) atoms. The lowest BCUT2D eigenvalue weighted by Gasteiger charge is -2.42. The van der Waals surface area contributed by atoms with Gasteiger partial charge in [0.05, 0.1) is 17.0 Å². The molecule has 1 saturated carbocycles. The first-order valence-corrected chi connectivity index (χ1v) is 16.2. The topological polar surface area (TPSA) is 95.9 Å². The monoisotopic (exact) mass is 586 g/mol. The fourth-order valence-corrected chi connectivity index (χ4v) is 7.43. The van der Waals surface area contributed by atoms with E-state index in [1.165, 1.54) is 5.56 Å². The van der Waals surface area contributed by atoms with Crippen LogP contribution >= 0.6 is 11.6 Å². The lowest BCUT2D eigenvalue weighted by molar-refractivity contribution is 0.0459. The number of carbonyl (C=O) groups excluding carboxylic acids is 1. The summed E-state index contributed by atoms with van der Waals surface area (Å²) in [7, 11) is -3.89. The third-order valence-corrected chi connectivity index (χ3v) is 10.7. The number of ether oxygens (including phenoxy) is 1. The summed E-state index contributed by atoms with van der Waals surface area (Å²) in [5.41, 5.74) is 3.29. The van der Waals surface area contributed by atoms with Crippen LogP contribution in [-0.2, 0) is 23.1 Å². The Bertz CT molecular complexity index is 1380. The van der Waals surface area contributed by atoms with Gasteiger partial charge in [-0.15, -0.1) is 0 Å². The van der Waals surface area contributed by atoms with Crippen molar-refractivity contribution in [2.45, 2.75) is 70.3 Å². The lowest BCUT2D eigenvalue weighted by Crippen LogP contribution is -2.43. The van der Waals surface area contributed by atoms with E-state index in [0.717, 1.165) is 56.4 Å². The summed E-state index contributed by atoms with van der Waals surface area (Å²) in [6.07, 6.45) is 8.26. The van der Waals surface area contributed by atoms with Gasteiger partial charge in [-0.05, 0) is 105 Å². The quantitative estimate of drug-likeness (QED) is 0.396. The minimum absolute atomic E-state index is 0.0595. The molecule has 1 amide bonds. The Morgan fingerprint density at radius 1 is 1.05 bits per heavy atom. The molecule has 1 aliphatic carbocycles. The van der Waals surface area contributed by atoms with Gasteiger partial charge in [0, 0.05) is 23.7 Å². The molecule has 5 rings (SSSR count). The minimum atomic E-state index is -3.89. The van der Waals surface area contributed by atoms with Gasteiger partial charge < -0.3 is 14.7 Å². The van der Waals surface area contributed by atoms with Crippen LogP contribution in [0.1, 0.15) is 67.4 Å². The molecule has 0 unspecified atom stereocenters. The molecule has 3 aliphatic rings. The molecule has 2 bridgehead atoms. The zero-order valence-corrected chi connectivity index (χ0v) is 24.8. The van der Waals surface area contributed by atoms with Crippen LogP contribution in [-0.4, -0.2) is 43.9 Å². The fraction of sp³-hybridized carbons (Fsp3) is 0.516. The van der Waals surface area contributed by atoms with E-state index < -0.39 is 27.3 Å². The molecule has 2 heterocycles. The van der Waals surface area contributed by atoms with Crippen molar-refractivity contribution in [3.05, 3.63) is 70.3 Å². The summed E-state index contributed by atoms with van der Waals surface area (Å²) in [4.78, 5) is 15.5. The van der Waals surface area contributed by atoms with Crippen molar-refractivity contribution in [1.82, 2.24) is 4.72 Å². The summed E-state index contributed by atoms with van der Waals surface area (Å²) in [6, 6.07) is 11.0. The van der Waals surface area contributed by atoms with Crippen LogP contribution < -0.4 is 14.4 Å². The molecule has 5 atom stereocenters. The van der Waals surface area contributed by atoms with Crippen molar-refractivity contribution in [2.24, 2.45) is 17.8 Å². The first kappa shape index (κ1) is 29.0. The van der Waals surface area contributed by atoms with E-state index in [0.29, 0.717) is 29.7 Å². The zero-order chi connectivity index (χ0) is 28.4. The summed E-state index contributed by atoms with van der Waals surface area (Å²) in [5.74, 6) is 0.375. The smallest absolute Gasteiger partial charge is 0.264 e. The largest absolute Gasteiger partial charge is 0.487 e. The first-order valence-electron chi connectivity index (χ1n) is 14.3. The molecule has 9 heteroatoms. The number of hydrogen-bond acceptors (Lipinski definition) is 6. The van der Waals surface area contributed by atoms with Gasteiger partial charge in [-0.25, -0.2) is 13.1 Å². The highest BCUT2D eigenvalue weighted by Gasteiger charge is 2.37. The summed E-state index contributed by atoms with van der Waals surface area (Å²) < 4.78 is 34.7. The molecule has 1 fully saturated rings. The van der Waals surface area contributed by atoms with Gasteiger partial charge in [0.15, 0.2) is 0 Å². The molecule has 0 radical (unpaired) electrons. The number of hydrogen-bond donors (Lipinski definition) is 2. The van der Waals surface area contributed by atoms with Gasteiger partial charge in [-0.2, -0.15) is 0 Å². The number of halogens is 1. The van der Waals surface area contributed by atoms with Crippen LogP contribution in [0.25, 0.3) is 0 Å². The maximum atomic E-state index is 13.2. The second kappa shape index (κ2) is 12.1. The van der Waals surface area contributed by atoms with Crippen molar-refractivity contribution in [1.29, 1.82) is 0 Å². The lowest BCUT2D eigenvalue weighted by atomic mass is 9.70. The second-order valence-electron chi connectivity index (χ2n) is 11.7. The standard InChI is InChI=1S/C31H39ClN2O5S/c1-20-6-12-29(35)27-11-8-24(27)18-34-14-4-3-5-22-16-26(32)10-7-25(22)19-39-30-13-9-23(17-28(30)34)31(36)33-40(37,38)21(2)15-20/h6-7,9-10,12-13,16-17,20-21,24,27,29,35H,3-5,8,11,14-15,18-19H2,1-2H3,(H,33,36)/b12-6+/t20-,21-,24+,27-,29+/m1/s1. The Balaban J connectivity index is 1.53. The highest BCUT2D eigenvalue weighted by atomic mass is 35.5. The average Bonchev–Trinajstić information content (AvgIpc) is 2.92. The Morgan fingerprint density at radius 3 is 2.65 bits per heavy atom. The zero-order valence-electron chi connectivity index (χ0n) is 23.2. The molecule has 0 saturated heterocycles. The molecule has 2 aromatic carbocycles. The fourth-order valence-electron chi connectivity index (χ4n) is 6.10. The number of allylic oxidation sites excluding steroid dienone is 1. The number of benzene rings is 2. The van der Waals surface area contributed by atoms with E-state index in [2.05, 4.69) is 9.62 Å². The number of anilines is 1. The Labute approximate surface area is 242 Å². The molecule has 2 N–H and O–H groups in total. The van der Waals surface area contributed by atoms with Crippen molar-refractivity contribution in [3.8, 4) is 5.75 Å². The van der Waals surface area contributed by atoms with Crippen molar-refractivity contribution in [3.63, 3.8) is 0 Å². The normalized spacial score (nSPS) is 29.9. The molecule has 7 nitrogen and oxygen atoms in total. The van der Waals surface area contributed by atoms with E-state index in [4.69, 9.17) is 16.3 Å². The molecule has 216 valence electrons. The predicted molar refractivity (Wildman–Crippen MR) is 158 cm³/mol. The number of nitrogens with one attached hydrogen (secondary N) is 1. The van der Waals surface area contributed by atoms with E-state index in [1.807, 2.05) is 37.3 Å². The third-order valence-electron chi connectivity index (χ3n) is 8.71. The van der Waals surface area contributed by atoms with Crippen LogP contribution in [0.3, 0.4) is 0 Å². The Kier molecular flexibility index (Phi) is 8.78. The van der Waals surface area contributed by atoms with Crippen LogP contribution in [0, 0.1) is 17.8 Å². The number of nitrogens with zero attached hydrogens (tertiary/aromatic N) is 1. The van der Waals surface area contributed by atoms with Gasteiger partial charge in [-0.1, -0.05) is 36.7 Å². The van der Waals surface area contributed by atoms with E-state index in [-0.39, 0.29) is 17.4 Å². The number of amides is 1. The highest BCUT2D eigenvalue weighted by molar-refractivity contribution is 7.90. The molecule has 2 aromatic rings. The predicted octanol–water partition coefficient (Wildman–Crippen LogP) is 5.49. The summed E-state index contributed by atoms with van der Waals surface area (Å²) in [6.45, 7) is 5.38. The minimum Gasteiger partial charge on any atom is -0.487 e. The maximum Gasteiger partial charge on any atom is 0.264 e.